The van der Waals surface area contributed by atoms with Gasteiger partial charge in [0.1, 0.15) is 0 Å². The van der Waals surface area contributed by atoms with Crippen LogP contribution in [0.15, 0.2) is 30.3 Å². The number of halogens is 1. The van der Waals surface area contributed by atoms with Crippen molar-refractivity contribution in [3.8, 4) is 0 Å². The highest BCUT2D eigenvalue weighted by Crippen LogP contribution is 2.32. The van der Waals surface area contributed by atoms with E-state index in [1.54, 1.807) is 11.3 Å². The molecule has 2 aliphatic rings. The Morgan fingerprint density at radius 2 is 2.26 bits per heavy atom. The third kappa shape index (κ3) is 3.03. The number of likely N-dealkylation sites (tertiary alicyclic amines) is 1. The molecule has 1 saturated heterocycles. The number of hydrogen-bond acceptors (Lipinski definition) is 3. The molecule has 0 radical (unpaired) electrons. The number of rotatable bonds is 2. The second-order valence-corrected chi connectivity index (χ2v) is 7.73. The van der Waals surface area contributed by atoms with Gasteiger partial charge in [0.2, 0.25) is 0 Å². The average Bonchev–Trinajstić information content (AvgIpc) is 3.21. The van der Waals surface area contributed by atoms with Gasteiger partial charge in [-0.1, -0.05) is 23.7 Å². The molecule has 1 unspecified atom stereocenters. The first-order valence-corrected chi connectivity index (χ1v) is 9.14. The van der Waals surface area contributed by atoms with Crippen molar-refractivity contribution in [2.24, 2.45) is 0 Å². The Morgan fingerprint density at radius 3 is 3.09 bits per heavy atom. The van der Waals surface area contributed by atoms with Gasteiger partial charge in [0.15, 0.2) is 0 Å². The summed E-state index contributed by atoms with van der Waals surface area (Å²) in [4.78, 5) is 16.9. The Balaban J connectivity index is 1.49. The predicted octanol–water partition coefficient (Wildman–Crippen LogP) is 4.10. The maximum absolute atomic E-state index is 12.8. The molecule has 0 N–H and O–H groups in total. The van der Waals surface area contributed by atoms with Crippen LogP contribution in [0, 0.1) is 0 Å². The number of carbonyl (C=O) groups is 1. The van der Waals surface area contributed by atoms with Crippen LogP contribution in [0.3, 0.4) is 0 Å². The highest BCUT2D eigenvalue weighted by molar-refractivity contribution is 7.14. The summed E-state index contributed by atoms with van der Waals surface area (Å²) in [6.07, 6.45) is 1.93. The molecule has 0 spiro atoms. The van der Waals surface area contributed by atoms with Crippen molar-refractivity contribution in [2.75, 3.05) is 19.7 Å². The second-order valence-electron chi connectivity index (χ2n) is 6.15. The van der Waals surface area contributed by atoms with Crippen LogP contribution in [0.1, 0.15) is 38.0 Å². The van der Waals surface area contributed by atoms with Crippen LogP contribution < -0.4 is 0 Å². The minimum absolute atomic E-state index is 0.161. The lowest BCUT2D eigenvalue weighted by atomic mass is 9.99. The number of hydrogen-bond donors (Lipinski definition) is 0. The lowest BCUT2D eigenvalue weighted by Gasteiger charge is -2.16. The molecule has 3 heterocycles. The molecule has 1 atom stereocenters. The Kier molecular flexibility index (Phi) is 4.14. The van der Waals surface area contributed by atoms with Crippen LogP contribution in [0.4, 0.5) is 0 Å². The SMILES string of the molecule is O=C(c1cc2c(s1)CCOC2)N1CCC(c2cccc(Cl)c2)C1. The van der Waals surface area contributed by atoms with Crippen molar-refractivity contribution in [1.82, 2.24) is 4.90 Å². The number of thiophene rings is 1. The third-order valence-corrected chi connectivity index (χ3v) is 6.09. The van der Waals surface area contributed by atoms with Gasteiger partial charge in [-0.3, -0.25) is 4.79 Å². The summed E-state index contributed by atoms with van der Waals surface area (Å²) in [5.74, 6) is 0.546. The number of fused-ring (bicyclic) bond motifs is 1. The number of benzene rings is 1. The van der Waals surface area contributed by atoms with Crippen molar-refractivity contribution in [1.29, 1.82) is 0 Å². The normalized spacial score (nSPS) is 20.6. The van der Waals surface area contributed by atoms with E-state index in [0.717, 1.165) is 42.4 Å². The zero-order chi connectivity index (χ0) is 15.8. The summed E-state index contributed by atoms with van der Waals surface area (Å²) in [5, 5.41) is 0.762. The van der Waals surface area contributed by atoms with Crippen LogP contribution >= 0.6 is 22.9 Å². The Hall–Kier alpha value is -1.36. The van der Waals surface area contributed by atoms with Gasteiger partial charge < -0.3 is 9.64 Å². The molecule has 0 bridgehead atoms. The van der Waals surface area contributed by atoms with Gasteiger partial charge in [-0.25, -0.2) is 0 Å². The van der Waals surface area contributed by atoms with Crippen molar-refractivity contribution in [3.05, 3.63) is 56.2 Å². The summed E-state index contributed by atoms with van der Waals surface area (Å²) >= 11 is 7.72. The summed E-state index contributed by atoms with van der Waals surface area (Å²) in [6.45, 7) is 3.00. The fourth-order valence-electron chi connectivity index (χ4n) is 3.39. The zero-order valence-corrected chi connectivity index (χ0v) is 14.3. The molecule has 3 nitrogen and oxygen atoms in total. The van der Waals surface area contributed by atoms with Crippen molar-refractivity contribution in [3.63, 3.8) is 0 Å². The molecular weight excluding hydrogens is 330 g/mol. The number of nitrogens with zero attached hydrogens (tertiary/aromatic N) is 1. The fraction of sp³-hybridized carbons (Fsp3) is 0.389. The van der Waals surface area contributed by atoms with Gasteiger partial charge in [0.25, 0.3) is 5.91 Å². The minimum Gasteiger partial charge on any atom is -0.376 e. The van der Waals surface area contributed by atoms with E-state index in [0.29, 0.717) is 12.5 Å². The van der Waals surface area contributed by atoms with E-state index in [1.807, 2.05) is 29.2 Å². The van der Waals surface area contributed by atoms with Crippen LogP contribution in [-0.4, -0.2) is 30.5 Å². The molecule has 0 saturated carbocycles. The molecule has 2 aliphatic heterocycles. The minimum atomic E-state index is 0.161. The van der Waals surface area contributed by atoms with Crippen LogP contribution in [0.2, 0.25) is 5.02 Å². The van der Waals surface area contributed by atoms with Gasteiger partial charge in [0.05, 0.1) is 18.1 Å². The molecule has 4 rings (SSSR count). The quantitative estimate of drug-likeness (QED) is 0.818. The molecule has 1 fully saturated rings. The first kappa shape index (κ1) is 15.2. The Bertz CT molecular complexity index is 719. The highest BCUT2D eigenvalue weighted by atomic mass is 35.5. The van der Waals surface area contributed by atoms with Crippen LogP contribution in [-0.2, 0) is 17.8 Å². The number of amides is 1. The molecule has 120 valence electrons. The standard InChI is InChI=1S/C18H18ClNO2S/c19-15-3-1-2-12(8-15)13-4-6-20(10-13)18(21)17-9-14-11-22-7-5-16(14)23-17/h1-3,8-9,13H,4-7,10-11H2. The van der Waals surface area contributed by atoms with Crippen molar-refractivity contribution >= 4 is 28.8 Å². The van der Waals surface area contributed by atoms with Crippen molar-refractivity contribution < 1.29 is 9.53 Å². The van der Waals surface area contributed by atoms with Crippen LogP contribution in [0.25, 0.3) is 0 Å². The van der Waals surface area contributed by atoms with Gasteiger partial charge >= 0.3 is 0 Å². The van der Waals surface area contributed by atoms with Crippen LogP contribution in [0.5, 0.6) is 0 Å². The predicted molar refractivity (Wildman–Crippen MR) is 92.4 cm³/mol. The molecule has 0 aliphatic carbocycles. The van der Waals surface area contributed by atoms with E-state index in [1.165, 1.54) is 16.0 Å². The maximum atomic E-state index is 12.8. The molecule has 2 aromatic rings. The number of carbonyl (C=O) groups excluding carboxylic acids is 1. The smallest absolute Gasteiger partial charge is 0.263 e. The van der Waals surface area contributed by atoms with Crippen molar-refractivity contribution in [2.45, 2.75) is 25.4 Å². The first-order chi connectivity index (χ1) is 11.2. The lowest BCUT2D eigenvalue weighted by molar-refractivity contribution is 0.0795. The fourth-order valence-corrected chi connectivity index (χ4v) is 4.70. The maximum Gasteiger partial charge on any atom is 0.263 e. The van der Waals surface area contributed by atoms with Gasteiger partial charge in [0, 0.05) is 35.3 Å². The topological polar surface area (TPSA) is 29.5 Å². The van der Waals surface area contributed by atoms with Gasteiger partial charge in [-0.2, -0.15) is 0 Å². The highest BCUT2D eigenvalue weighted by Gasteiger charge is 2.29. The van der Waals surface area contributed by atoms with Gasteiger partial charge in [-0.05, 0) is 35.7 Å². The zero-order valence-electron chi connectivity index (χ0n) is 12.8. The van der Waals surface area contributed by atoms with E-state index >= 15 is 0 Å². The summed E-state index contributed by atoms with van der Waals surface area (Å²) in [5.41, 5.74) is 2.42. The van der Waals surface area contributed by atoms with Gasteiger partial charge in [-0.15, -0.1) is 11.3 Å². The summed E-state index contributed by atoms with van der Waals surface area (Å²) in [7, 11) is 0. The number of ether oxygens (including phenoxy) is 1. The molecule has 5 heteroatoms. The lowest BCUT2D eigenvalue weighted by Crippen LogP contribution is -2.27. The second kappa shape index (κ2) is 6.27. The third-order valence-electron chi connectivity index (χ3n) is 4.63. The Morgan fingerprint density at radius 1 is 1.35 bits per heavy atom. The first-order valence-electron chi connectivity index (χ1n) is 7.95. The molecule has 23 heavy (non-hydrogen) atoms. The van der Waals surface area contributed by atoms with E-state index in [9.17, 15) is 4.79 Å². The van der Waals surface area contributed by atoms with E-state index in [4.69, 9.17) is 16.3 Å². The average molecular weight is 348 g/mol. The van der Waals surface area contributed by atoms with E-state index in [2.05, 4.69) is 6.07 Å². The molecule has 1 amide bonds. The largest absolute Gasteiger partial charge is 0.376 e. The van der Waals surface area contributed by atoms with E-state index in [-0.39, 0.29) is 5.91 Å². The molecular formula is C18H18ClNO2S. The van der Waals surface area contributed by atoms with E-state index < -0.39 is 0 Å². The monoisotopic (exact) mass is 347 g/mol. The molecule has 1 aromatic heterocycles. The Labute approximate surface area is 144 Å². The molecule has 1 aromatic carbocycles. The summed E-state index contributed by atoms with van der Waals surface area (Å²) < 4.78 is 5.47. The summed E-state index contributed by atoms with van der Waals surface area (Å²) in [6, 6.07) is 10.0.